The Morgan fingerprint density at radius 1 is 1.62 bits per heavy atom. The van der Waals surface area contributed by atoms with Crippen LogP contribution in [0.1, 0.15) is 21.9 Å². The summed E-state index contributed by atoms with van der Waals surface area (Å²) in [6.07, 6.45) is 1.63. The van der Waals surface area contributed by atoms with Crippen molar-refractivity contribution in [3.05, 3.63) is 35.8 Å². The number of hydrogen-bond acceptors (Lipinski definition) is 3. The molecule has 1 amide bonds. The summed E-state index contributed by atoms with van der Waals surface area (Å²) in [5, 5.41) is 8.88. The number of carbonyl (C=O) groups excluding carboxylic acids is 1. The maximum absolute atomic E-state index is 12.1. The van der Waals surface area contributed by atoms with Crippen LogP contribution in [0.4, 0.5) is 0 Å². The third-order valence-corrected chi connectivity index (χ3v) is 2.28. The molecule has 88 valence electrons. The Labute approximate surface area is 95.2 Å². The van der Waals surface area contributed by atoms with Gasteiger partial charge in [-0.3, -0.25) is 4.79 Å². The van der Waals surface area contributed by atoms with Crippen molar-refractivity contribution in [3.63, 3.8) is 0 Å². The Balaban J connectivity index is 2.89. The quantitative estimate of drug-likeness (QED) is 0.770. The van der Waals surface area contributed by atoms with Crippen LogP contribution in [0.15, 0.2) is 23.1 Å². The first-order valence-electron chi connectivity index (χ1n) is 5.18. The van der Waals surface area contributed by atoms with E-state index >= 15 is 0 Å². The number of aliphatic hydroxyl groups is 1. The minimum absolute atomic E-state index is 0.0601. The van der Waals surface area contributed by atoms with E-state index in [1.54, 1.807) is 26.0 Å². The Hall–Kier alpha value is -1.55. The molecule has 0 unspecified atom stereocenters. The molecule has 1 heterocycles. The van der Waals surface area contributed by atoms with Crippen molar-refractivity contribution < 1.29 is 14.3 Å². The zero-order valence-electron chi connectivity index (χ0n) is 9.69. The molecule has 0 fully saturated rings. The maximum atomic E-state index is 12.1. The highest BCUT2D eigenvalue weighted by atomic mass is 16.3. The molecule has 0 aromatic carbocycles. The lowest BCUT2D eigenvalue weighted by atomic mass is 10.2. The largest absolute Gasteiger partial charge is 0.466 e. The topological polar surface area (TPSA) is 53.7 Å². The zero-order valence-corrected chi connectivity index (χ0v) is 9.69. The molecule has 0 aliphatic carbocycles. The maximum Gasteiger partial charge on any atom is 0.257 e. The Morgan fingerprint density at radius 3 is 2.75 bits per heavy atom. The third-order valence-electron chi connectivity index (χ3n) is 2.28. The van der Waals surface area contributed by atoms with E-state index in [0.717, 1.165) is 0 Å². The molecule has 0 saturated carbocycles. The van der Waals surface area contributed by atoms with E-state index < -0.39 is 0 Å². The Bertz CT molecular complexity index is 382. The van der Waals surface area contributed by atoms with E-state index in [4.69, 9.17) is 9.52 Å². The normalized spacial score (nSPS) is 10.2. The number of furan rings is 1. The van der Waals surface area contributed by atoms with Crippen LogP contribution in [0.5, 0.6) is 0 Å². The summed E-state index contributed by atoms with van der Waals surface area (Å²) in [6, 6.07) is 1.71. The van der Waals surface area contributed by atoms with Crippen molar-refractivity contribution in [2.24, 2.45) is 0 Å². The minimum atomic E-state index is -0.136. The van der Waals surface area contributed by atoms with Gasteiger partial charge >= 0.3 is 0 Å². The summed E-state index contributed by atoms with van der Waals surface area (Å²) >= 11 is 0. The molecule has 0 radical (unpaired) electrons. The molecule has 0 spiro atoms. The van der Waals surface area contributed by atoms with Crippen LogP contribution in [0, 0.1) is 13.8 Å². The summed E-state index contributed by atoms with van der Waals surface area (Å²) in [5.74, 6) is 1.18. The van der Waals surface area contributed by atoms with Gasteiger partial charge in [-0.15, -0.1) is 6.58 Å². The zero-order chi connectivity index (χ0) is 12.1. The lowest BCUT2D eigenvalue weighted by Gasteiger charge is -2.19. The Kier molecular flexibility index (Phi) is 4.31. The highest BCUT2D eigenvalue weighted by molar-refractivity contribution is 5.95. The molecule has 0 bridgehead atoms. The van der Waals surface area contributed by atoms with E-state index in [2.05, 4.69) is 6.58 Å². The van der Waals surface area contributed by atoms with E-state index in [1.807, 2.05) is 0 Å². The molecule has 1 N–H and O–H groups in total. The first-order chi connectivity index (χ1) is 7.60. The second kappa shape index (κ2) is 5.51. The van der Waals surface area contributed by atoms with Crippen molar-refractivity contribution in [3.8, 4) is 0 Å². The number of nitrogens with zero attached hydrogens (tertiary/aromatic N) is 1. The van der Waals surface area contributed by atoms with Crippen molar-refractivity contribution >= 4 is 5.91 Å². The van der Waals surface area contributed by atoms with Gasteiger partial charge in [0.1, 0.15) is 11.5 Å². The summed E-state index contributed by atoms with van der Waals surface area (Å²) in [7, 11) is 0. The van der Waals surface area contributed by atoms with E-state index in [1.165, 1.54) is 4.90 Å². The van der Waals surface area contributed by atoms with Gasteiger partial charge in [-0.2, -0.15) is 0 Å². The molecule has 0 aliphatic rings. The second-order valence-corrected chi connectivity index (χ2v) is 3.59. The first-order valence-corrected chi connectivity index (χ1v) is 5.18. The fourth-order valence-electron chi connectivity index (χ4n) is 1.57. The predicted molar refractivity (Wildman–Crippen MR) is 61.4 cm³/mol. The van der Waals surface area contributed by atoms with Crippen LogP contribution in [0.25, 0.3) is 0 Å². The SMILES string of the molecule is C=CCN(CCO)C(=O)c1cc(C)oc1C. The number of carbonyl (C=O) groups is 1. The third kappa shape index (κ3) is 2.73. The van der Waals surface area contributed by atoms with Crippen LogP contribution < -0.4 is 0 Å². The minimum Gasteiger partial charge on any atom is -0.466 e. The summed E-state index contributed by atoms with van der Waals surface area (Å²) in [4.78, 5) is 13.6. The second-order valence-electron chi connectivity index (χ2n) is 3.59. The average Bonchev–Trinajstić information content (AvgIpc) is 2.56. The van der Waals surface area contributed by atoms with Gasteiger partial charge in [-0.25, -0.2) is 0 Å². The molecule has 0 aliphatic heterocycles. The fourth-order valence-corrected chi connectivity index (χ4v) is 1.57. The number of amides is 1. The molecule has 4 heteroatoms. The smallest absolute Gasteiger partial charge is 0.257 e. The van der Waals surface area contributed by atoms with Gasteiger partial charge in [0.25, 0.3) is 5.91 Å². The molecular formula is C12H17NO3. The van der Waals surface area contributed by atoms with Gasteiger partial charge < -0.3 is 14.4 Å². The number of aryl methyl sites for hydroxylation is 2. The summed E-state index contributed by atoms with van der Waals surface area (Å²) in [5.41, 5.74) is 0.549. The van der Waals surface area contributed by atoms with E-state index in [0.29, 0.717) is 30.2 Å². The van der Waals surface area contributed by atoms with Gasteiger partial charge in [0.2, 0.25) is 0 Å². The van der Waals surface area contributed by atoms with Gasteiger partial charge in [0, 0.05) is 13.1 Å². The molecule has 1 aromatic heterocycles. The lowest BCUT2D eigenvalue weighted by molar-refractivity contribution is 0.0741. The number of rotatable bonds is 5. The summed E-state index contributed by atoms with van der Waals surface area (Å²) in [6.45, 7) is 7.80. The van der Waals surface area contributed by atoms with Crippen LogP contribution in [-0.4, -0.2) is 35.6 Å². The van der Waals surface area contributed by atoms with Gasteiger partial charge in [0.05, 0.1) is 12.2 Å². The molecule has 1 aromatic rings. The van der Waals surface area contributed by atoms with Crippen LogP contribution in [0.3, 0.4) is 0 Å². The molecular weight excluding hydrogens is 206 g/mol. The molecule has 4 nitrogen and oxygen atoms in total. The van der Waals surface area contributed by atoms with Crippen LogP contribution in [0.2, 0.25) is 0 Å². The highest BCUT2D eigenvalue weighted by Crippen LogP contribution is 2.15. The van der Waals surface area contributed by atoms with Gasteiger partial charge in [0.15, 0.2) is 0 Å². The van der Waals surface area contributed by atoms with E-state index in [-0.39, 0.29) is 12.5 Å². The van der Waals surface area contributed by atoms with E-state index in [9.17, 15) is 4.79 Å². The first kappa shape index (κ1) is 12.5. The van der Waals surface area contributed by atoms with Crippen LogP contribution in [-0.2, 0) is 0 Å². The number of aliphatic hydroxyl groups excluding tert-OH is 1. The lowest BCUT2D eigenvalue weighted by Crippen LogP contribution is -2.33. The Morgan fingerprint density at radius 2 is 2.31 bits per heavy atom. The molecule has 16 heavy (non-hydrogen) atoms. The standard InChI is InChI=1S/C12H17NO3/c1-4-5-13(6-7-14)12(15)11-8-9(2)16-10(11)3/h4,8,14H,1,5-7H2,2-3H3. The summed E-state index contributed by atoms with van der Waals surface area (Å²) < 4.78 is 5.31. The molecule has 1 rings (SSSR count). The van der Waals surface area contributed by atoms with Crippen LogP contribution >= 0.6 is 0 Å². The molecule has 0 saturated heterocycles. The van der Waals surface area contributed by atoms with Gasteiger partial charge in [-0.1, -0.05) is 6.08 Å². The highest BCUT2D eigenvalue weighted by Gasteiger charge is 2.18. The number of hydrogen-bond donors (Lipinski definition) is 1. The molecule has 0 atom stereocenters. The van der Waals surface area contributed by atoms with Gasteiger partial charge in [-0.05, 0) is 19.9 Å². The van der Waals surface area contributed by atoms with Crippen molar-refractivity contribution in [1.82, 2.24) is 4.90 Å². The average molecular weight is 223 g/mol. The monoisotopic (exact) mass is 223 g/mol. The fraction of sp³-hybridized carbons (Fsp3) is 0.417. The van der Waals surface area contributed by atoms with Crippen molar-refractivity contribution in [2.45, 2.75) is 13.8 Å². The predicted octanol–water partition coefficient (Wildman–Crippen LogP) is 1.52. The van der Waals surface area contributed by atoms with Crippen molar-refractivity contribution in [2.75, 3.05) is 19.7 Å². The van der Waals surface area contributed by atoms with Crippen molar-refractivity contribution in [1.29, 1.82) is 0 Å².